The van der Waals surface area contributed by atoms with Crippen molar-refractivity contribution in [1.29, 1.82) is 0 Å². The highest BCUT2D eigenvalue weighted by atomic mass is 16.1. The summed E-state index contributed by atoms with van der Waals surface area (Å²) < 4.78 is 0. The molecule has 0 spiro atoms. The van der Waals surface area contributed by atoms with Gasteiger partial charge >= 0.3 is 0 Å². The number of nitrogens with one attached hydrogen (secondary N) is 2. The van der Waals surface area contributed by atoms with Gasteiger partial charge in [-0.1, -0.05) is 13.8 Å². The maximum absolute atomic E-state index is 11.9. The molecule has 1 amide bonds. The molecule has 1 saturated heterocycles. The van der Waals surface area contributed by atoms with E-state index >= 15 is 0 Å². The molecule has 0 aliphatic carbocycles. The Bertz CT molecular complexity index is 503. The number of carbonyl (C=O) groups is 1. The first-order valence-corrected chi connectivity index (χ1v) is 7.57. The predicted molar refractivity (Wildman–Crippen MR) is 84.7 cm³/mol. The zero-order valence-corrected chi connectivity index (χ0v) is 13.3. The van der Waals surface area contributed by atoms with Crippen LogP contribution in [0.3, 0.4) is 0 Å². The lowest BCUT2D eigenvalue weighted by atomic mass is 9.96. The lowest BCUT2D eigenvalue weighted by molar-refractivity contribution is -0.124. The summed E-state index contributed by atoms with van der Waals surface area (Å²) in [5, 5.41) is 5.90. The van der Waals surface area contributed by atoms with Crippen LogP contribution in [-0.4, -0.2) is 43.1 Å². The summed E-state index contributed by atoms with van der Waals surface area (Å²) in [6, 6.07) is 0. The second-order valence-electron chi connectivity index (χ2n) is 5.76. The highest BCUT2D eigenvalue weighted by molar-refractivity contribution is 5.79. The molecule has 1 unspecified atom stereocenters. The molecule has 2 N–H and O–H groups in total. The number of anilines is 2. The van der Waals surface area contributed by atoms with E-state index in [-0.39, 0.29) is 11.8 Å². The van der Waals surface area contributed by atoms with Crippen molar-refractivity contribution in [3.8, 4) is 0 Å². The molecular weight excluding hydrogens is 266 g/mol. The van der Waals surface area contributed by atoms with Gasteiger partial charge in [0.1, 0.15) is 18.0 Å². The quantitative estimate of drug-likeness (QED) is 0.882. The van der Waals surface area contributed by atoms with Crippen LogP contribution in [0, 0.1) is 5.92 Å². The van der Waals surface area contributed by atoms with E-state index in [2.05, 4.69) is 39.3 Å². The third-order valence-corrected chi connectivity index (χ3v) is 4.02. The van der Waals surface area contributed by atoms with Gasteiger partial charge in [0, 0.05) is 32.7 Å². The topological polar surface area (TPSA) is 70.2 Å². The molecule has 6 heteroatoms. The van der Waals surface area contributed by atoms with Gasteiger partial charge in [-0.15, -0.1) is 0 Å². The van der Waals surface area contributed by atoms with Gasteiger partial charge in [-0.05, 0) is 18.8 Å². The van der Waals surface area contributed by atoms with E-state index in [9.17, 15) is 4.79 Å². The van der Waals surface area contributed by atoms with Crippen molar-refractivity contribution in [2.45, 2.75) is 32.6 Å². The normalized spacial score (nSPS) is 18.7. The molecule has 0 radical (unpaired) electrons. The molecule has 1 atom stereocenters. The van der Waals surface area contributed by atoms with Crippen LogP contribution in [0.4, 0.5) is 11.6 Å². The zero-order valence-electron chi connectivity index (χ0n) is 13.3. The van der Waals surface area contributed by atoms with Crippen LogP contribution in [0.5, 0.6) is 0 Å². The van der Waals surface area contributed by atoms with E-state index in [1.165, 1.54) is 0 Å². The molecule has 0 aromatic carbocycles. The average molecular weight is 291 g/mol. The fraction of sp³-hybridized carbons (Fsp3) is 0.667. The number of hydrogen-bond donors (Lipinski definition) is 2. The van der Waals surface area contributed by atoms with Crippen LogP contribution in [0.1, 0.15) is 38.2 Å². The Morgan fingerprint density at radius 2 is 2.14 bits per heavy atom. The summed E-state index contributed by atoms with van der Waals surface area (Å²) >= 11 is 0. The summed E-state index contributed by atoms with van der Waals surface area (Å²) in [5.74, 6) is 2.31. The molecule has 0 saturated carbocycles. The third-order valence-electron chi connectivity index (χ3n) is 4.02. The SMILES string of the molecule is CNC(=O)C1CCCN(c2ncnc(NC)c2C(C)C)C1. The minimum Gasteiger partial charge on any atom is -0.373 e. The van der Waals surface area contributed by atoms with Crippen LogP contribution in [0.2, 0.25) is 0 Å². The van der Waals surface area contributed by atoms with Crippen molar-refractivity contribution < 1.29 is 4.79 Å². The predicted octanol–water partition coefficient (Wildman–Crippen LogP) is 1.60. The van der Waals surface area contributed by atoms with Crippen LogP contribution < -0.4 is 15.5 Å². The number of aromatic nitrogens is 2. The molecule has 2 heterocycles. The van der Waals surface area contributed by atoms with Crippen LogP contribution in [0.25, 0.3) is 0 Å². The number of hydrogen-bond acceptors (Lipinski definition) is 5. The molecule has 0 bridgehead atoms. The molecular formula is C15H25N5O. The number of rotatable bonds is 4. The Kier molecular flexibility index (Phi) is 4.98. The molecule has 1 aromatic heterocycles. The maximum atomic E-state index is 11.9. The number of piperidine rings is 1. The molecule has 1 fully saturated rings. The van der Waals surface area contributed by atoms with E-state index in [0.717, 1.165) is 43.1 Å². The number of nitrogens with zero attached hydrogens (tertiary/aromatic N) is 3. The second kappa shape index (κ2) is 6.74. The Morgan fingerprint density at radius 1 is 1.38 bits per heavy atom. The summed E-state index contributed by atoms with van der Waals surface area (Å²) in [6.07, 6.45) is 3.54. The van der Waals surface area contributed by atoms with E-state index in [1.54, 1.807) is 13.4 Å². The van der Waals surface area contributed by atoms with Crippen LogP contribution in [-0.2, 0) is 4.79 Å². The number of carbonyl (C=O) groups excluding carboxylic acids is 1. The Hall–Kier alpha value is -1.85. The highest BCUT2D eigenvalue weighted by Crippen LogP contribution is 2.32. The highest BCUT2D eigenvalue weighted by Gasteiger charge is 2.28. The first-order valence-electron chi connectivity index (χ1n) is 7.57. The minimum absolute atomic E-state index is 0.0387. The molecule has 2 rings (SSSR count). The summed E-state index contributed by atoms with van der Waals surface area (Å²) in [5.41, 5.74) is 1.12. The van der Waals surface area contributed by atoms with Gasteiger partial charge in [-0.25, -0.2) is 9.97 Å². The second-order valence-corrected chi connectivity index (χ2v) is 5.76. The van der Waals surface area contributed by atoms with Crippen molar-refractivity contribution in [3.63, 3.8) is 0 Å². The molecule has 6 nitrogen and oxygen atoms in total. The van der Waals surface area contributed by atoms with Gasteiger partial charge in [0.2, 0.25) is 5.91 Å². The Morgan fingerprint density at radius 3 is 2.76 bits per heavy atom. The van der Waals surface area contributed by atoms with Crippen LogP contribution >= 0.6 is 0 Å². The molecule has 1 aliphatic rings. The maximum Gasteiger partial charge on any atom is 0.224 e. The first kappa shape index (κ1) is 15.5. The van der Waals surface area contributed by atoms with Gasteiger partial charge in [0.05, 0.1) is 5.92 Å². The third kappa shape index (κ3) is 3.25. The van der Waals surface area contributed by atoms with Gasteiger partial charge in [-0.2, -0.15) is 0 Å². The lowest BCUT2D eigenvalue weighted by Crippen LogP contribution is -2.43. The smallest absolute Gasteiger partial charge is 0.224 e. The Labute approximate surface area is 126 Å². The monoisotopic (exact) mass is 291 g/mol. The average Bonchev–Trinajstić information content (AvgIpc) is 2.53. The summed E-state index contributed by atoms with van der Waals surface area (Å²) in [6.45, 7) is 5.94. The molecule has 21 heavy (non-hydrogen) atoms. The van der Waals surface area contributed by atoms with Gasteiger partial charge in [0.15, 0.2) is 0 Å². The van der Waals surface area contributed by atoms with Crippen molar-refractivity contribution in [2.75, 3.05) is 37.4 Å². The minimum atomic E-state index is 0.0387. The van der Waals surface area contributed by atoms with Crippen molar-refractivity contribution >= 4 is 17.5 Å². The van der Waals surface area contributed by atoms with Crippen molar-refractivity contribution in [2.24, 2.45) is 5.92 Å². The molecule has 1 aromatic rings. The summed E-state index contributed by atoms with van der Waals surface area (Å²) in [4.78, 5) is 22.9. The van der Waals surface area contributed by atoms with E-state index in [0.29, 0.717) is 5.92 Å². The standard InChI is InChI=1S/C15H25N5O/c1-10(2)12-13(16-3)18-9-19-14(12)20-7-5-6-11(8-20)15(21)17-4/h9-11H,5-8H2,1-4H3,(H,17,21)(H,16,18,19). The van der Waals surface area contributed by atoms with Crippen molar-refractivity contribution in [1.82, 2.24) is 15.3 Å². The fourth-order valence-electron chi connectivity index (χ4n) is 2.96. The van der Waals surface area contributed by atoms with Gasteiger partial charge in [0.25, 0.3) is 0 Å². The van der Waals surface area contributed by atoms with E-state index in [4.69, 9.17) is 0 Å². The summed E-state index contributed by atoms with van der Waals surface area (Å²) in [7, 11) is 3.58. The molecule has 116 valence electrons. The van der Waals surface area contributed by atoms with E-state index in [1.807, 2.05) is 7.05 Å². The van der Waals surface area contributed by atoms with Gasteiger partial charge in [-0.3, -0.25) is 4.79 Å². The molecule has 1 aliphatic heterocycles. The Balaban J connectivity index is 2.30. The van der Waals surface area contributed by atoms with E-state index < -0.39 is 0 Å². The lowest BCUT2D eigenvalue weighted by Gasteiger charge is -2.34. The first-order chi connectivity index (χ1) is 10.1. The largest absolute Gasteiger partial charge is 0.373 e. The van der Waals surface area contributed by atoms with Crippen LogP contribution in [0.15, 0.2) is 6.33 Å². The van der Waals surface area contributed by atoms with Gasteiger partial charge < -0.3 is 15.5 Å². The van der Waals surface area contributed by atoms with Crippen molar-refractivity contribution in [3.05, 3.63) is 11.9 Å². The fourth-order valence-corrected chi connectivity index (χ4v) is 2.96. The number of amides is 1. The zero-order chi connectivity index (χ0) is 15.4.